The Bertz CT molecular complexity index is 594. The van der Waals surface area contributed by atoms with E-state index >= 15 is 0 Å². The summed E-state index contributed by atoms with van der Waals surface area (Å²) in [5.74, 6) is -11.2. The maximum atomic E-state index is 12.4. The average molecular weight is 344 g/mol. The van der Waals surface area contributed by atoms with Crippen molar-refractivity contribution in [2.24, 2.45) is 23.5 Å². The average Bonchev–Trinajstić information content (AvgIpc) is 2.60. The number of nitrogens with zero attached hydrogens (tertiary/aromatic N) is 1. The van der Waals surface area contributed by atoms with Crippen LogP contribution in [0.3, 0.4) is 0 Å². The number of carbonyl (C=O) groups excluding carboxylic acids is 4. The SMILES string of the molecule is CC1C(=O)N(O)C(=O)C1C(=O)[C@@H](N)C(C(=O)O)C(=O)OC(C)(C)C. The summed E-state index contributed by atoms with van der Waals surface area (Å²) in [6.07, 6.45) is 0. The first-order valence-electron chi connectivity index (χ1n) is 7.11. The number of ether oxygens (including phenoxy) is 1. The molecule has 0 bridgehead atoms. The number of hydrogen-bond acceptors (Lipinski definition) is 8. The van der Waals surface area contributed by atoms with E-state index in [2.05, 4.69) is 0 Å². The van der Waals surface area contributed by atoms with Crippen molar-refractivity contribution in [3.05, 3.63) is 0 Å². The number of imide groups is 1. The molecule has 3 unspecified atom stereocenters. The highest BCUT2D eigenvalue weighted by atomic mass is 16.6. The van der Waals surface area contributed by atoms with Crippen molar-refractivity contribution < 1.29 is 39.0 Å². The molecular weight excluding hydrogens is 324 g/mol. The van der Waals surface area contributed by atoms with Crippen molar-refractivity contribution in [2.45, 2.75) is 39.3 Å². The fourth-order valence-electron chi connectivity index (χ4n) is 2.30. The van der Waals surface area contributed by atoms with E-state index in [1.165, 1.54) is 27.7 Å². The van der Waals surface area contributed by atoms with Crippen molar-refractivity contribution in [1.82, 2.24) is 5.06 Å². The van der Waals surface area contributed by atoms with Crippen molar-refractivity contribution in [1.29, 1.82) is 0 Å². The minimum atomic E-state index is -2.04. The minimum Gasteiger partial charge on any atom is -0.481 e. The van der Waals surface area contributed by atoms with Crippen molar-refractivity contribution in [3.8, 4) is 0 Å². The van der Waals surface area contributed by atoms with E-state index in [-0.39, 0.29) is 5.06 Å². The fourth-order valence-corrected chi connectivity index (χ4v) is 2.30. The Morgan fingerprint density at radius 2 is 1.71 bits per heavy atom. The van der Waals surface area contributed by atoms with Gasteiger partial charge in [0.1, 0.15) is 11.5 Å². The van der Waals surface area contributed by atoms with Crippen molar-refractivity contribution in [3.63, 3.8) is 0 Å². The number of esters is 1. The summed E-state index contributed by atoms with van der Waals surface area (Å²) >= 11 is 0. The van der Waals surface area contributed by atoms with E-state index in [9.17, 15) is 34.3 Å². The molecule has 134 valence electrons. The van der Waals surface area contributed by atoms with E-state index in [4.69, 9.17) is 10.5 Å². The van der Waals surface area contributed by atoms with Crippen LogP contribution in [0.1, 0.15) is 27.7 Å². The third-order valence-electron chi connectivity index (χ3n) is 3.49. The molecule has 0 aromatic heterocycles. The summed E-state index contributed by atoms with van der Waals surface area (Å²) in [7, 11) is 0. The molecule has 1 aliphatic rings. The van der Waals surface area contributed by atoms with Crippen molar-refractivity contribution >= 4 is 29.5 Å². The van der Waals surface area contributed by atoms with Gasteiger partial charge in [-0.25, -0.2) is 0 Å². The summed E-state index contributed by atoms with van der Waals surface area (Å²) in [5.41, 5.74) is 4.57. The topological polar surface area (TPSA) is 164 Å². The van der Waals surface area contributed by atoms with E-state index in [0.29, 0.717) is 0 Å². The zero-order chi connectivity index (χ0) is 19.0. The zero-order valence-corrected chi connectivity index (χ0v) is 13.7. The molecule has 1 rings (SSSR count). The van der Waals surface area contributed by atoms with Crippen LogP contribution in [0.15, 0.2) is 0 Å². The summed E-state index contributed by atoms with van der Waals surface area (Å²) < 4.78 is 4.93. The molecule has 1 aliphatic heterocycles. The lowest BCUT2D eigenvalue weighted by atomic mass is 9.84. The summed E-state index contributed by atoms with van der Waals surface area (Å²) in [6.45, 7) is 5.72. The number of aliphatic carboxylic acids is 1. The number of ketones is 1. The molecule has 1 fully saturated rings. The summed E-state index contributed by atoms with van der Waals surface area (Å²) in [6, 6.07) is -1.91. The monoisotopic (exact) mass is 344 g/mol. The van der Waals surface area contributed by atoms with Gasteiger partial charge in [-0.2, -0.15) is 5.06 Å². The Kier molecular flexibility index (Phi) is 5.47. The number of carboxylic acids is 1. The van der Waals surface area contributed by atoms with E-state index in [0.717, 1.165) is 0 Å². The molecule has 1 heterocycles. The van der Waals surface area contributed by atoms with Gasteiger partial charge < -0.3 is 15.6 Å². The first-order valence-corrected chi connectivity index (χ1v) is 7.11. The Morgan fingerprint density at radius 3 is 2.04 bits per heavy atom. The highest BCUT2D eigenvalue weighted by Gasteiger charge is 2.52. The van der Waals surface area contributed by atoms with Gasteiger partial charge in [0.15, 0.2) is 11.7 Å². The van der Waals surface area contributed by atoms with Crippen LogP contribution >= 0.6 is 0 Å². The number of rotatable bonds is 5. The van der Waals surface area contributed by atoms with Crippen LogP contribution in [0.2, 0.25) is 0 Å². The highest BCUT2D eigenvalue weighted by molar-refractivity contribution is 6.17. The quantitative estimate of drug-likeness (QED) is 0.244. The van der Waals surface area contributed by atoms with Crippen LogP contribution in [-0.2, 0) is 28.7 Å². The zero-order valence-electron chi connectivity index (χ0n) is 13.7. The first kappa shape index (κ1) is 19.7. The number of amides is 2. The molecule has 4 N–H and O–H groups in total. The molecular formula is C14H20N2O8. The lowest BCUT2D eigenvalue weighted by molar-refractivity contribution is -0.174. The number of hydroxylamine groups is 2. The maximum Gasteiger partial charge on any atom is 0.322 e. The van der Waals surface area contributed by atoms with Gasteiger partial charge in [0.05, 0.1) is 12.0 Å². The predicted octanol–water partition coefficient (Wildman–Crippen LogP) is -1.06. The second kappa shape index (κ2) is 6.65. The van der Waals surface area contributed by atoms with Gasteiger partial charge >= 0.3 is 11.9 Å². The normalized spacial score (nSPS) is 23.8. The maximum absolute atomic E-state index is 12.4. The predicted molar refractivity (Wildman–Crippen MR) is 76.2 cm³/mol. The Labute approximate surface area is 137 Å². The van der Waals surface area contributed by atoms with Gasteiger partial charge in [0.2, 0.25) is 0 Å². The van der Waals surface area contributed by atoms with Gasteiger partial charge in [-0.1, -0.05) is 6.92 Å². The fraction of sp³-hybridized carbons (Fsp3) is 0.643. The van der Waals surface area contributed by atoms with E-state index in [1.807, 2.05) is 0 Å². The number of carboxylic acid groups (broad SMARTS) is 1. The van der Waals surface area contributed by atoms with Crippen LogP contribution in [-0.4, -0.2) is 56.6 Å². The van der Waals surface area contributed by atoms with Gasteiger partial charge in [0.25, 0.3) is 11.8 Å². The molecule has 10 nitrogen and oxygen atoms in total. The molecule has 0 spiro atoms. The standard InChI is InChI=1S/C14H20N2O8/c1-5-6(11(19)16(23)10(5)18)9(17)8(15)7(12(20)21)13(22)24-14(2,3)4/h5-8,23H,15H2,1-4H3,(H,20,21)/t5?,6?,7?,8-/m0/s1. The number of hydrogen-bond donors (Lipinski definition) is 3. The third kappa shape index (κ3) is 3.77. The van der Waals surface area contributed by atoms with Crippen molar-refractivity contribution in [2.75, 3.05) is 0 Å². The second-order valence-corrected chi connectivity index (χ2v) is 6.53. The first-order chi connectivity index (χ1) is 10.8. The van der Waals surface area contributed by atoms with Crippen LogP contribution < -0.4 is 5.73 Å². The molecule has 0 aromatic carbocycles. The molecule has 2 amide bonds. The van der Waals surface area contributed by atoms with E-state index in [1.54, 1.807) is 0 Å². The smallest absolute Gasteiger partial charge is 0.322 e. The van der Waals surface area contributed by atoms with Gasteiger partial charge in [-0.3, -0.25) is 29.2 Å². The Balaban J connectivity index is 3.07. The number of carbonyl (C=O) groups is 5. The molecule has 0 radical (unpaired) electrons. The molecule has 24 heavy (non-hydrogen) atoms. The van der Waals surface area contributed by atoms with Gasteiger partial charge in [-0.05, 0) is 20.8 Å². The summed E-state index contributed by atoms with van der Waals surface area (Å²) in [4.78, 5) is 59.0. The molecule has 0 aromatic rings. The minimum absolute atomic E-state index is 0.205. The molecule has 4 atom stereocenters. The van der Waals surface area contributed by atoms with Gasteiger partial charge in [0, 0.05) is 0 Å². The van der Waals surface area contributed by atoms with Crippen LogP contribution in [0, 0.1) is 17.8 Å². The highest BCUT2D eigenvalue weighted by Crippen LogP contribution is 2.28. The van der Waals surface area contributed by atoms with Crippen LogP contribution in [0.4, 0.5) is 0 Å². The Hall–Kier alpha value is -2.33. The van der Waals surface area contributed by atoms with Crippen LogP contribution in [0.5, 0.6) is 0 Å². The largest absolute Gasteiger partial charge is 0.481 e. The molecule has 1 saturated heterocycles. The molecule has 0 saturated carbocycles. The van der Waals surface area contributed by atoms with Gasteiger partial charge in [-0.15, -0.1) is 0 Å². The summed E-state index contributed by atoms with van der Waals surface area (Å²) in [5, 5.41) is 18.3. The molecule has 0 aliphatic carbocycles. The molecule has 10 heteroatoms. The number of nitrogens with two attached hydrogens (primary N) is 1. The Morgan fingerprint density at radius 1 is 1.21 bits per heavy atom. The second-order valence-electron chi connectivity index (χ2n) is 6.53. The van der Waals surface area contributed by atoms with Crippen LogP contribution in [0.25, 0.3) is 0 Å². The number of Topliss-reactive ketones (excluding diaryl/α,β-unsaturated/α-hetero) is 1. The van der Waals surface area contributed by atoms with E-state index < -0.39 is 58.9 Å². The third-order valence-corrected chi connectivity index (χ3v) is 3.49. The lowest BCUT2D eigenvalue weighted by Crippen LogP contribution is -2.51. The lowest BCUT2D eigenvalue weighted by Gasteiger charge is -2.25.